The van der Waals surface area contributed by atoms with Crippen molar-refractivity contribution in [2.75, 3.05) is 0 Å². The highest BCUT2D eigenvalue weighted by Crippen LogP contribution is 2.14. The molecule has 0 bridgehead atoms. The van der Waals surface area contributed by atoms with Gasteiger partial charge in [-0.1, -0.05) is 6.92 Å². The molecular weight excluding hydrogens is 132 g/mol. The van der Waals surface area contributed by atoms with Crippen molar-refractivity contribution in [1.29, 1.82) is 0 Å². The zero-order valence-electron chi connectivity index (χ0n) is 5.76. The van der Waals surface area contributed by atoms with Crippen LogP contribution in [0.2, 0.25) is 0 Å². The van der Waals surface area contributed by atoms with Crippen LogP contribution in [0.15, 0.2) is 0 Å². The topological polar surface area (TPSA) is 72.2 Å². The van der Waals surface area contributed by atoms with Crippen LogP contribution >= 0.6 is 0 Å². The summed E-state index contributed by atoms with van der Waals surface area (Å²) in [6, 6.07) is -0.451. The highest BCUT2D eigenvalue weighted by Gasteiger charge is 2.32. The second-order valence-electron chi connectivity index (χ2n) is 2.63. The van der Waals surface area contributed by atoms with E-state index in [1.165, 1.54) is 0 Å². The van der Waals surface area contributed by atoms with E-state index in [-0.39, 0.29) is 11.8 Å². The molecule has 3 N–H and O–H groups in total. The summed E-state index contributed by atoms with van der Waals surface area (Å²) in [5.41, 5.74) is 5.00. The number of nitrogens with one attached hydrogen (secondary N) is 1. The molecule has 0 aromatic heterocycles. The maximum absolute atomic E-state index is 10.6. The van der Waals surface area contributed by atoms with Crippen molar-refractivity contribution in [1.82, 2.24) is 5.32 Å². The number of carbonyl (C=O) groups excluding carboxylic acids is 2. The highest BCUT2D eigenvalue weighted by molar-refractivity contribution is 5.90. The SMILES string of the molecule is CC1CC(=O)NC1C(N)=O. The molecule has 1 aliphatic rings. The average Bonchev–Trinajstić information content (AvgIpc) is 2.10. The number of carbonyl (C=O) groups is 2. The van der Waals surface area contributed by atoms with Gasteiger partial charge in [0.25, 0.3) is 0 Å². The van der Waals surface area contributed by atoms with Crippen molar-refractivity contribution in [3.05, 3.63) is 0 Å². The van der Waals surface area contributed by atoms with Gasteiger partial charge in [0.2, 0.25) is 11.8 Å². The van der Waals surface area contributed by atoms with Gasteiger partial charge in [0.05, 0.1) is 0 Å². The fraction of sp³-hybridized carbons (Fsp3) is 0.667. The van der Waals surface area contributed by atoms with E-state index in [2.05, 4.69) is 5.32 Å². The van der Waals surface area contributed by atoms with Gasteiger partial charge in [-0.05, 0) is 5.92 Å². The summed E-state index contributed by atoms with van der Waals surface area (Å²) < 4.78 is 0. The van der Waals surface area contributed by atoms with Crippen LogP contribution in [0.1, 0.15) is 13.3 Å². The molecule has 2 amide bonds. The van der Waals surface area contributed by atoms with Crippen LogP contribution in [0.4, 0.5) is 0 Å². The van der Waals surface area contributed by atoms with Crippen molar-refractivity contribution in [2.45, 2.75) is 19.4 Å². The molecule has 1 saturated heterocycles. The molecule has 0 aromatic rings. The van der Waals surface area contributed by atoms with Gasteiger partial charge in [-0.15, -0.1) is 0 Å². The van der Waals surface area contributed by atoms with E-state index in [1.807, 2.05) is 6.92 Å². The van der Waals surface area contributed by atoms with E-state index in [0.29, 0.717) is 6.42 Å². The zero-order valence-corrected chi connectivity index (χ0v) is 5.76. The number of rotatable bonds is 1. The minimum absolute atomic E-state index is 0.0463. The summed E-state index contributed by atoms with van der Waals surface area (Å²) in [4.78, 5) is 21.2. The molecule has 1 fully saturated rings. The molecule has 4 heteroatoms. The molecule has 1 aliphatic heterocycles. The molecule has 1 heterocycles. The lowest BCUT2D eigenvalue weighted by atomic mass is 10.0. The second-order valence-corrected chi connectivity index (χ2v) is 2.63. The van der Waals surface area contributed by atoms with Crippen molar-refractivity contribution in [3.8, 4) is 0 Å². The van der Waals surface area contributed by atoms with Crippen molar-refractivity contribution >= 4 is 11.8 Å². The van der Waals surface area contributed by atoms with Crippen molar-refractivity contribution < 1.29 is 9.59 Å². The molecule has 2 atom stereocenters. The predicted molar refractivity (Wildman–Crippen MR) is 34.9 cm³/mol. The highest BCUT2D eigenvalue weighted by atomic mass is 16.2. The van der Waals surface area contributed by atoms with Crippen LogP contribution in [0.5, 0.6) is 0 Å². The molecule has 0 aromatic carbocycles. The summed E-state index contributed by atoms with van der Waals surface area (Å²) in [5, 5.41) is 2.49. The standard InChI is InChI=1S/C6H10N2O2/c1-3-2-4(9)8-5(3)6(7)10/h3,5H,2H2,1H3,(H2,7,10)(H,8,9). The number of amides is 2. The van der Waals surface area contributed by atoms with E-state index < -0.39 is 11.9 Å². The van der Waals surface area contributed by atoms with Gasteiger partial charge in [-0.25, -0.2) is 0 Å². The first-order valence-corrected chi connectivity index (χ1v) is 3.20. The van der Waals surface area contributed by atoms with Crippen LogP contribution in [0.3, 0.4) is 0 Å². The number of primary amides is 1. The normalized spacial score (nSPS) is 31.9. The predicted octanol–water partition coefficient (Wildman–Crippen LogP) is -1.00. The third kappa shape index (κ3) is 1.10. The summed E-state index contributed by atoms with van der Waals surface area (Å²) in [7, 11) is 0. The largest absolute Gasteiger partial charge is 0.368 e. The molecule has 2 unspecified atom stereocenters. The lowest BCUT2D eigenvalue weighted by Gasteiger charge is -2.08. The molecule has 10 heavy (non-hydrogen) atoms. The lowest BCUT2D eigenvalue weighted by Crippen LogP contribution is -2.40. The van der Waals surface area contributed by atoms with Gasteiger partial charge in [0.1, 0.15) is 6.04 Å². The lowest BCUT2D eigenvalue weighted by molar-refractivity contribution is -0.123. The smallest absolute Gasteiger partial charge is 0.240 e. The Kier molecular flexibility index (Phi) is 1.61. The quantitative estimate of drug-likeness (QED) is 0.492. The van der Waals surface area contributed by atoms with Gasteiger partial charge < -0.3 is 11.1 Å². The molecule has 0 spiro atoms. The summed E-state index contributed by atoms with van der Waals surface area (Å²) in [6.07, 6.45) is 0.410. The van der Waals surface area contributed by atoms with Gasteiger partial charge in [0, 0.05) is 6.42 Å². The van der Waals surface area contributed by atoms with Crippen LogP contribution in [-0.2, 0) is 9.59 Å². The Morgan fingerprint density at radius 2 is 2.40 bits per heavy atom. The van der Waals surface area contributed by atoms with E-state index in [1.54, 1.807) is 0 Å². The third-order valence-corrected chi connectivity index (χ3v) is 1.70. The van der Waals surface area contributed by atoms with Gasteiger partial charge >= 0.3 is 0 Å². The monoisotopic (exact) mass is 142 g/mol. The molecule has 1 rings (SSSR count). The Labute approximate surface area is 58.8 Å². The van der Waals surface area contributed by atoms with E-state index >= 15 is 0 Å². The maximum atomic E-state index is 10.6. The minimum Gasteiger partial charge on any atom is -0.368 e. The Hall–Kier alpha value is -1.06. The average molecular weight is 142 g/mol. The first-order chi connectivity index (χ1) is 4.61. The molecule has 4 nitrogen and oxygen atoms in total. The van der Waals surface area contributed by atoms with Crippen LogP contribution < -0.4 is 11.1 Å². The fourth-order valence-electron chi connectivity index (χ4n) is 1.14. The van der Waals surface area contributed by atoms with Crippen LogP contribution in [-0.4, -0.2) is 17.9 Å². The summed E-state index contributed by atoms with van der Waals surface area (Å²) in [6.45, 7) is 1.83. The first kappa shape index (κ1) is 7.05. The third-order valence-electron chi connectivity index (χ3n) is 1.70. The zero-order chi connectivity index (χ0) is 7.72. The first-order valence-electron chi connectivity index (χ1n) is 3.20. The molecule has 0 aliphatic carbocycles. The Morgan fingerprint density at radius 3 is 2.60 bits per heavy atom. The Bertz CT molecular complexity index is 179. The van der Waals surface area contributed by atoms with Crippen molar-refractivity contribution in [3.63, 3.8) is 0 Å². The molecule has 0 saturated carbocycles. The van der Waals surface area contributed by atoms with Gasteiger partial charge in [0.15, 0.2) is 0 Å². The molecule has 0 radical (unpaired) electrons. The number of nitrogens with two attached hydrogens (primary N) is 1. The van der Waals surface area contributed by atoms with E-state index in [9.17, 15) is 9.59 Å². The summed E-state index contributed by atoms with van der Waals surface area (Å²) in [5.74, 6) is -0.486. The Morgan fingerprint density at radius 1 is 1.80 bits per heavy atom. The minimum atomic E-state index is -0.451. The Balaban J connectivity index is 2.63. The van der Waals surface area contributed by atoms with E-state index in [0.717, 1.165) is 0 Å². The van der Waals surface area contributed by atoms with Gasteiger partial charge in [-0.2, -0.15) is 0 Å². The summed E-state index contributed by atoms with van der Waals surface area (Å²) >= 11 is 0. The maximum Gasteiger partial charge on any atom is 0.240 e. The molecule has 56 valence electrons. The second kappa shape index (κ2) is 2.28. The molecular formula is C6H10N2O2. The van der Waals surface area contributed by atoms with Crippen molar-refractivity contribution in [2.24, 2.45) is 11.7 Å². The fourth-order valence-corrected chi connectivity index (χ4v) is 1.14. The van der Waals surface area contributed by atoms with Crippen LogP contribution in [0.25, 0.3) is 0 Å². The van der Waals surface area contributed by atoms with Crippen LogP contribution in [0, 0.1) is 5.92 Å². The number of hydrogen-bond donors (Lipinski definition) is 2. The number of hydrogen-bond acceptors (Lipinski definition) is 2. The van der Waals surface area contributed by atoms with E-state index in [4.69, 9.17) is 5.73 Å². The van der Waals surface area contributed by atoms with Gasteiger partial charge in [-0.3, -0.25) is 9.59 Å².